The average molecular weight is 421 g/mol. The van der Waals surface area contributed by atoms with Crippen molar-refractivity contribution in [1.82, 2.24) is 4.90 Å². The van der Waals surface area contributed by atoms with Crippen LogP contribution in [0.5, 0.6) is 0 Å². The van der Waals surface area contributed by atoms with Gasteiger partial charge in [0.1, 0.15) is 0 Å². The summed E-state index contributed by atoms with van der Waals surface area (Å²) in [6, 6.07) is 20.0. The van der Waals surface area contributed by atoms with Gasteiger partial charge in [0.15, 0.2) is 12.1 Å². The minimum atomic E-state index is -0.533. The summed E-state index contributed by atoms with van der Waals surface area (Å²) < 4.78 is 12.0. The molecule has 0 amide bonds. The molecule has 5 heteroatoms. The fraction of sp³-hybridized carbons (Fsp3) is 0.462. The number of aliphatic imine (C=N–C) groups is 1. The maximum atomic E-state index is 13.2. The first-order chi connectivity index (χ1) is 15.3. The summed E-state index contributed by atoms with van der Waals surface area (Å²) in [7, 11) is 0. The van der Waals surface area contributed by atoms with E-state index in [-0.39, 0.29) is 12.0 Å². The van der Waals surface area contributed by atoms with Gasteiger partial charge in [-0.15, -0.1) is 0 Å². The lowest BCUT2D eigenvalue weighted by atomic mass is 9.93. The SMILES string of the molecule is CCOC(=O)[C@@H]1[C@@H](c2ccccc2)OC(=Nc2ccccc2)N1C1CCCCCCC1. The highest BCUT2D eigenvalue weighted by Gasteiger charge is 2.49. The molecule has 31 heavy (non-hydrogen) atoms. The second kappa shape index (κ2) is 10.5. The molecule has 2 atom stereocenters. The largest absolute Gasteiger partial charge is 0.464 e. The van der Waals surface area contributed by atoms with Gasteiger partial charge in [-0.05, 0) is 37.5 Å². The van der Waals surface area contributed by atoms with Crippen molar-refractivity contribution in [3.05, 3.63) is 66.2 Å². The quantitative estimate of drug-likeness (QED) is 0.574. The van der Waals surface area contributed by atoms with Gasteiger partial charge in [0.05, 0.1) is 12.3 Å². The van der Waals surface area contributed by atoms with Crippen LogP contribution in [0.4, 0.5) is 5.69 Å². The van der Waals surface area contributed by atoms with Crippen molar-refractivity contribution >= 4 is 17.7 Å². The highest BCUT2D eigenvalue weighted by Crippen LogP contribution is 2.38. The highest BCUT2D eigenvalue weighted by molar-refractivity contribution is 5.89. The van der Waals surface area contributed by atoms with Gasteiger partial charge < -0.3 is 14.4 Å². The van der Waals surface area contributed by atoms with E-state index in [9.17, 15) is 4.79 Å². The summed E-state index contributed by atoms with van der Waals surface area (Å²) in [5.41, 5.74) is 1.79. The number of rotatable bonds is 5. The van der Waals surface area contributed by atoms with Gasteiger partial charge >= 0.3 is 5.97 Å². The smallest absolute Gasteiger partial charge is 0.333 e. The molecule has 2 aromatic rings. The zero-order valence-electron chi connectivity index (χ0n) is 18.3. The van der Waals surface area contributed by atoms with Crippen molar-refractivity contribution in [3.8, 4) is 0 Å². The Bertz CT molecular complexity index is 861. The van der Waals surface area contributed by atoms with Gasteiger partial charge in [-0.3, -0.25) is 0 Å². The van der Waals surface area contributed by atoms with E-state index in [0.717, 1.165) is 36.9 Å². The van der Waals surface area contributed by atoms with E-state index >= 15 is 0 Å². The van der Waals surface area contributed by atoms with Crippen LogP contribution >= 0.6 is 0 Å². The molecule has 0 spiro atoms. The maximum Gasteiger partial charge on any atom is 0.333 e. The molecule has 2 fully saturated rings. The maximum absolute atomic E-state index is 13.2. The van der Waals surface area contributed by atoms with E-state index in [0.29, 0.717) is 12.6 Å². The first-order valence-electron chi connectivity index (χ1n) is 11.6. The molecule has 5 nitrogen and oxygen atoms in total. The van der Waals surface area contributed by atoms with E-state index in [4.69, 9.17) is 14.5 Å². The Morgan fingerprint density at radius 2 is 1.58 bits per heavy atom. The predicted molar refractivity (Wildman–Crippen MR) is 122 cm³/mol. The molecule has 2 aliphatic rings. The molecule has 4 rings (SSSR count). The summed E-state index contributed by atoms with van der Waals surface area (Å²) >= 11 is 0. The van der Waals surface area contributed by atoms with Crippen LogP contribution in [0, 0.1) is 0 Å². The van der Waals surface area contributed by atoms with E-state index < -0.39 is 12.1 Å². The van der Waals surface area contributed by atoms with Gasteiger partial charge in [0, 0.05) is 6.04 Å². The minimum absolute atomic E-state index is 0.214. The number of nitrogens with zero attached hydrogens (tertiary/aromatic N) is 2. The zero-order chi connectivity index (χ0) is 21.5. The number of benzene rings is 2. The monoisotopic (exact) mass is 420 g/mol. The molecule has 0 N–H and O–H groups in total. The topological polar surface area (TPSA) is 51.1 Å². The fourth-order valence-corrected chi connectivity index (χ4v) is 4.65. The van der Waals surface area contributed by atoms with Crippen LogP contribution in [0.1, 0.15) is 63.5 Å². The van der Waals surface area contributed by atoms with Crippen LogP contribution in [0.15, 0.2) is 65.7 Å². The molecule has 1 saturated heterocycles. The lowest BCUT2D eigenvalue weighted by molar-refractivity contribution is -0.150. The third kappa shape index (κ3) is 5.09. The van der Waals surface area contributed by atoms with Crippen LogP contribution in [-0.2, 0) is 14.3 Å². The summed E-state index contributed by atoms with van der Waals surface area (Å²) in [6.45, 7) is 2.20. The number of hydrogen-bond acceptors (Lipinski definition) is 4. The van der Waals surface area contributed by atoms with E-state index in [1.54, 1.807) is 0 Å². The standard InChI is InChI=1S/C26H32N2O3/c1-2-30-25(29)23-24(20-14-8-6-9-15-20)31-26(27-21-16-10-7-11-17-21)28(23)22-18-12-4-3-5-13-19-22/h6-11,14-17,22-24H,2-5,12-13,18-19H2,1H3/t23-,24+/m0/s1. The third-order valence-corrected chi connectivity index (χ3v) is 6.14. The first kappa shape index (κ1) is 21.4. The molecule has 164 valence electrons. The van der Waals surface area contributed by atoms with E-state index in [1.165, 1.54) is 19.3 Å². The number of hydrogen-bond donors (Lipinski definition) is 0. The van der Waals surface area contributed by atoms with Crippen molar-refractivity contribution in [2.24, 2.45) is 4.99 Å². The summed E-state index contributed by atoms with van der Waals surface area (Å²) in [6.07, 6.45) is 7.72. The molecular weight excluding hydrogens is 388 g/mol. The lowest BCUT2D eigenvalue weighted by Gasteiger charge is -2.33. The Morgan fingerprint density at radius 1 is 0.968 bits per heavy atom. The number of amidine groups is 1. The fourth-order valence-electron chi connectivity index (χ4n) is 4.65. The first-order valence-corrected chi connectivity index (χ1v) is 11.6. The number of carbonyl (C=O) groups excluding carboxylic acids is 1. The minimum Gasteiger partial charge on any atom is -0.464 e. The zero-order valence-corrected chi connectivity index (χ0v) is 18.3. The van der Waals surface area contributed by atoms with Crippen molar-refractivity contribution in [2.75, 3.05) is 6.61 Å². The molecule has 1 saturated carbocycles. The van der Waals surface area contributed by atoms with Crippen LogP contribution in [0.3, 0.4) is 0 Å². The summed E-state index contributed by atoms with van der Waals surface area (Å²) in [5.74, 6) is -0.239. The lowest BCUT2D eigenvalue weighted by Crippen LogP contribution is -2.48. The van der Waals surface area contributed by atoms with Crippen molar-refractivity contribution in [1.29, 1.82) is 0 Å². The van der Waals surface area contributed by atoms with E-state index in [2.05, 4.69) is 4.90 Å². The Labute approximate surface area is 185 Å². The molecule has 0 unspecified atom stereocenters. The van der Waals surface area contributed by atoms with E-state index in [1.807, 2.05) is 67.6 Å². The van der Waals surface area contributed by atoms with Crippen molar-refractivity contribution in [2.45, 2.75) is 70.1 Å². The number of esters is 1. The van der Waals surface area contributed by atoms with Crippen molar-refractivity contribution < 1.29 is 14.3 Å². The summed E-state index contributed by atoms with van der Waals surface area (Å²) in [4.78, 5) is 20.2. The number of para-hydroxylation sites is 1. The Morgan fingerprint density at radius 3 is 2.23 bits per heavy atom. The Balaban J connectivity index is 1.76. The number of carbonyl (C=O) groups is 1. The molecule has 0 aromatic heterocycles. The van der Waals surface area contributed by atoms with Gasteiger partial charge in [-0.1, -0.05) is 80.6 Å². The second-order valence-corrected chi connectivity index (χ2v) is 8.28. The predicted octanol–water partition coefficient (Wildman–Crippen LogP) is 5.79. The highest BCUT2D eigenvalue weighted by atomic mass is 16.6. The molecule has 0 radical (unpaired) electrons. The van der Waals surface area contributed by atoms with Gasteiger partial charge in [0.25, 0.3) is 6.02 Å². The van der Waals surface area contributed by atoms with Crippen LogP contribution in [0.25, 0.3) is 0 Å². The molecule has 2 aromatic carbocycles. The van der Waals surface area contributed by atoms with Gasteiger partial charge in [0.2, 0.25) is 0 Å². The Hall–Kier alpha value is -2.82. The third-order valence-electron chi connectivity index (χ3n) is 6.14. The van der Waals surface area contributed by atoms with Gasteiger partial charge in [-0.2, -0.15) is 4.99 Å². The van der Waals surface area contributed by atoms with Crippen LogP contribution in [0.2, 0.25) is 0 Å². The average Bonchev–Trinajstić information content (AvgIpc) is 3.14. The molecule has 1 aliphatic heterocycles. The van der Waals surface area contributed by atoms with Crippen LogP contribution < -0.4 is 0 Å². The summed E-state index contributed by atoms with van der Waals surface area (Å²) in [5, 5.41) is 0. The molecule has 1 aliphatic carbocycles. The Kier molecular flexibility index (Phi) is 7.23. The second-order valence-electron chi connectivity index (χ2n) is 8.28. The normalized spacial score (nSPS) is 23.8. The molecule has 1 heterocycles. The number of ether oxygens (including phenoxy) is 2. The van der Waals surface area contributed by atoms with Crippen LogP contribution in [-0.4, -0.2) is 35.6 Å². The molecular formula is C26H32N2O3. The molecule has 0 bridgehead atoms. The van der Waals surface area contributed by atoms with Gasteiger partial charge in [-0.25, -0.2) is 4.79 Å². The van der Waals surface area contributed by atoms with Crippen molar-refractivity contribution in [3.63, 3.8) is 0 Å².